The lowest BCUT2D eigenvalue weighted by molar-refractivity contribution is -0.121. The molecule has 0 spiro atoms. The number of rotatable bonds is 10. The topological polar surface area (TPSA) is 63.1 Å². The van der Waals surface area contributed by atoms with E-state index in [9.17, 15) is 4.79 Å². The van der Waals surface area contributed by atoms with Gasteiger partial charge in [-0.3, -0.25) is 9.69 Å². The van der Waals surface area contributed by atoms with Gasteiger partial charge in [0.2, 0.25) is 5.91 Å². The molecule has 2 atom stereocenters. The third kappa shape index (κ3) is 6.21. The molecule has 160 valence electrons. The van der Waals surface area contributed by atoms with Gasteiger partial charge in [0.05, 0.1) is 11.3 Å². The molecule has 0 bridgehead atoms. The van der Waals surface area contributed by atoms with Crippen molar-refractivity contribution in [3.8, 4) is 0 Å². The molecule has 1 amide bonds. The van der Waals surface area contributed by atoms with Crippen molar-refractivity contribution in [2.45, 2.75) is 102 Å². The molecule has 6 nitrogen and oxygen atoms in total. The van der Waals surface area contributed by atoms with Gasteiger partial charge in [-0.1, -0.05) is 39.0 Å². The van der Waals surface area contributed by atoms with Gasteiger partial charge in [-0.25, -0.2) is 0 Å². The molecular weight excluding hydrogens is 370 g/mol. The Morgan fingerprint density at radius 3 is 2.50 bits per heavy atom. The summed E-state index contributed by atoms with van der Waals surface area (Å²) in [5.74, 6) is 1.92. The lowest BCUT2D eigenvalue weighted by Crippen LogP contribution is -2.41. The average molecular weight is 410 g/mol. The highest BCUT2D eigenvalue weighted by molar-refractivity contribution is 8.00. The zero-order valence-electron chi connectivity index (χ0n) is 18.6. The number of hydrogen-bond donors (Lipinski definition) is 1. The minimum atomic E-state index is -0.170. The molecule has 2 unspecified atom stereocenters. The van der Waals surface area contributed by atoms with Gasteiger partial charge < -0.3 is 9.88 Å². The highest BCUT2D eigenvalue weighted by atomic mass is 32.2. The minimum Gasteiger partial charge on any atom is -0.352 e. The van der Waals surface area contributed by atoms with Crippen molar-refractivity contribution >= 4 is 17.7 Å². The Balaban J connectivity index is 2.06. The van der Waals surface area contributed by atoms with Gasteiger partial charge in [0.1, 0.15) is 0 Å². The molecule has 1 N–H and O–H groups in total. The number of carbonyl (C=O) groups excluding carboxylic acids is 1. The van der Waals surface area contributed by atoms with Gasteiger partial charge in [-0.15, -0.1) is 10.2 Å². The van der Waals surface area contributed by atoms with E-state index >= 15 is 0 Å². The number of carbonyl (C=O) groups is 1. The summed E-state index contributed by atoms with van der Waals surface area (Å²) < 4.78 is 2.23. The van der Waals surface area contributed by atoms with Crippen LogP contribution < -0.4 is 5.32 Å². The van der Waals surface area contributed by atoms with Gasteiger partial charge >= 0.3 is 0 Å². The zero-order valence-corrected chi connectivity index (χ0v) is 19.4. The number of unbranched alkanes of at least 4 members (excludes halogenated alkanes) is 1. The fourth-order valence-corrected chi connectivity index (χ4v) is 4.76. The van der Waals surface area contributed by atoms with Crippen LogP contribution in [-0.2, 0) is 11.3 Å². The fraction of sp³-hybridized carbons (Fsp3) is 0.857. The molecule has 0 aromatic carbocycles. The van der Waals surface area contributed by atoms with E-state index in [1.807, 2.05) is 6.92 Å². The van der Waals surface area contributed by atoms with Crippen molar-refractivity contribution in [3.05, 3.63) is 5.82 Å². The van der Waals surface area contributed by atoms with Crippen molar-refractivity contribution in [1.82, 2.24) is 25.0 Å². The molecule has 1 aliphatic carbocycles. The normalized spacial score (nSPS) is 22.2. The highest BCUT2D eigenvalue weighted by Crippen LogP contribution is 2.29. The van der Waals surface area contributed by atoms with Crippen molar-refractivity contribution in [2.75, 3.05) is 14.1 Å². The predicted octanol–water partition coefficient (Wildman–Crippen LogP) is 4.27. The summed E-state index contributed by atoms with van der Waals surface area (Å²) >= 11 is 1.54. The van der Waals surface area contributed by atoms with Crippen LogP contribution in [-0.4, -0.2) is 51.0 Å². The SMILES string of the molecule is CCCCn1c(SC(C)C(=O)NC2CCC(C)CC2)nnc1C(CC)N(C)C. The predicted molar refractivity (Wildman–Crippen MR) is 117 cm³/mol. The van der Waals surface area contributed by atoms with Crippen LogP contribution in [0.15, 0.2) is 5.16 Å². The maximum absolute atomic E-state index is 12.7. The molecule has 1 saturated carbocycles. The van der Waals surface area contributed by atoms with Gasteiger partial charge in [-0.2, -0.15) is 0 Å². The van der Waals surface area contributed by atoms with Crippen LogP contribution in [0, 0.1) is 5.92 Å². The van der Waals surface area contributed by atoms with E-state index < -0.39 is 0 Å². The molecule has 7 heteroatoms. The molecular formula is C21H39N5OS. The van der Waals surface area contributed by atoms with Crippen LogP contribution in [0.25, 0.3) is 0 Å². The van der Waals surface area contributed by atoms with Crippen LogP contribution in [0.5, 0.6) is 0 Å². The largest absolute Gasteiger partial charge is 0.352 e. The smallest absolute Gasteiger partial charge is 0.233 e. The molecule has 1 aromatic rings. The number of hydrogen-bond acceptors (Lipinski definition) is 5. The second kappa shape index (κ2) is 11.2. The van der Waals surface area contributed by atoms with E-state index in [1.54, 1.807) is 0 Å². The van der Waals surface area contributed by atoms with Gasteiger partial charge in [0.15, 0.2) is 11.0 Å². The second-order valence-electron chi connectivity index (χ2n) is 8.46. The van der Waals surface area contributed by atoms with Crippen molar-refractivity contribution in [1.29, 1.82) is 0 Å². The Kier molecular flexibility index (Phi) is 9.28. The lowest BCUT2D eigenvalue weighted by atomic mass is 9.87. The Labute approximate surface area is 175 Å². The van der Waals surface area contributed by atoms with Crippen LogP contribution in [0.2, 0.25) is 0 Å². The molecule has 1 aromatic heterocycles. The van der Waals surface area contributed by atoms with E-state index in [0.29, 0.717) is 6.04 Å². The molecule has 0 saturated heterocycles. The van der Waals surface area contributed by atoms with E-state index in [1.165, 1.54) is 24.6 Å². The third-order valence-corrected chi connectivity index (χ3v) is 6.88. The first-order chi connectivity index (χ1) is 13.4. The fourth-order valence-electron chi connectivity index (χ4n) is 3.87. The summed E-state index contributed by atoms with van der Waals surface area (Å²) in [7, 11) is 4.17. The first-order valence-corrected chi connectivity index (χ1v) is 11.8. The number of amides is 1. The summed E-state index contributed by atoms with van der Waals surface area (Å²) in [6.07, 6.45) is 7.82. The second-order valence-corrected chi connectivity index (χ2v) is 9.77. The van der Waals surface area contributed by atoms with E-state index in [2.05, 4.69) is 59.8 Å². The van der Waals surface area contributed by atoms with Crippen LogP contribution in [0.3, 0.4) is 0 Å². The van der Waals surface area contributed by atoms with Crippen molar-refractivity contribution < 1.29 is 4.79 Å². The van der Waals surface area contributed by atoms with Gasteiger partial charge in [0.25, 0.3) is 0 Å². The first-order valence-electron chi connectivity index (χ1n) is 10.9. The number of nitrogens with one attached hydrogen (secondary N) is 1. The maximum Gasteiger partial charge on any atom is 0.233 e. The monoisotopic (exact) mass is 409 g/mol. The Morgan fingerprint density at radius 1 is 1.25 bits per heavy atom. The molecule has 1 heterocycles. The van der Waals surface area contributed by atoms with Crippen molar-refractivity contribution in [2.24, 2.45) is 5.92 Å². The summed E-state index contributed by atoms with van der Waals surface area (Å²) in [5.41, 5.74) is 0. The highest BCUT2D eigenvalue weighted by Gasteiger charge is 2.26. The summed E-state index contributed by atoms with van der Waals surface area (Å²) in [6.45, 7) is 9.56. The summed E-state index contributed by atoms with van der Waals surface area (Å²) in [4.78, 5) is 14.9. The zero-order chi connectivity index (χ0) is 20.7. The van der Waals surface area contributed by atoms with Crippen LogP contribution >= 0.6 is 11.8 Å². The molecule has 0 aliphatic heterocycles. The number of aromatic nitrogens is 3. The Morgan fingerprint density at radius 2 is 1.93 bits per heavy atom. The minimum absolute atomic E-state index is 0.121. The van der Waals surface area contributed by atoms with Crippen molar-refractivity contribution in [3.63, 3.8) is 0 Å². The molecule has 0 radical (unpaired) electrons. The third-order valence-electron chi connectivity index (χ3n) is 5.80. The molecule has 2 rings (SSSR count). The van der Waals surface area contributed by atoms with Crippen LogP contribution in [0.4, 0.5) is 0 Å². The Bertz CT molecular complexity index is 610. The van der Waals surface area contributed by atoms with Crippen LogP contribution in [0.1, 0.15) is 84.5 Å². The number of thioether (sulfide) groups is 1. The first kappa shape index (κ1) is 23.2. The average Bonchev–Trinajstić information content (AvgIpc) is 3.04. The molecule has 1 aliphatic rings. The lowest BCUT2D eigenvalue weighted by Gasteiger charge is -2.28. The maximum atomic E-state index is 12.7. The molecule has 1 fully saturated rings. The van der Waals surface area contributed by atoms with Gasteiger partial charge in [0, 0.05) is 12.6 Å². The van der Waals surface area contributed by atoms with E-state index in [-0.39, 0.29) is 17.2 Å². The van der Waals surface area contributed by atoms with E-state index in [0.717, 1.165) is 55.5 Å². The quantitative estimate of drug-likeness (QED) is 0.585. The van der Waals surface area contributed by atoms with Gasteiger partial charge in [-0.05, 0) is 65.5 Å². The summed E-state index contributed by atoms with van der Waals surface area (Å²) in [5, 5.41) is 12.9. The Hall–Kier alpha value is -1.08. The van der Waals surface area contributed by atoms with E-state index in [4.69, 9.17) is 0 Å². The number of nitrogens with zero attached hydrogens (tertiary/aromatic N) is 4. The summed E-state index contributed by atoms with van der Waals surface area (Å²) in [6, 6.07) is 0.575. The molecule has 28 heavy (non-hydrogen) atoms. The standard InChI is InChI=1S/C21H39N5OS/c1-7-9-14-26-19(18(8-2)25(5)6)23-24-21(26)28-16(4)20(27)22-17-12-10-15(3)11-13-17/h15-18H,7-14H2,1-6H3,(H,22,27).